The zero-order valence-electron chi connectivity index (χ0n) is 13.6. The first-order valence-electron chi connectivity index (χ1n) is 7.68. The highest BCUT2D eigenvalue weighted by Crippen LogP contribution is 2.31. The number of nitrogens with zero attached hydrogens (tertiary/aromatic N) is 2. The Balaban J connectivity index is 1.64. The fourth-order valence-corrected chi connectivity index (χ4v) is 2.45. The number of hydrogen-bond donors (Lipinski definition) is 1. The van der Waals surface area contributed by atoms with Gasteiger partial charge in [-0.25, -0.2) is 4.79 Å². The first-order valence-corrected chi connectivity index (χ1v) is 7.68. The monoisotopic (exact) mass is 343 g/mol. The maximum Gasteiger partial charge on any atom is 0.321 e. The first-order chi connectivity index (χ1) is 12.0. The molecular weight excluding hydrogens is 326 g/mol. The average Bonchev–Trinajstić information content (AvgIpc) is 2.61. The molecule has 3 rings (SSSR count). The van der Waals surface area contributed by atoms with Crippen molar-refractivity contribution in [3.8, 4) is 11.5 Å². The molecule has 1 heterocycles. The summed E-state index contributed by atoms with van der Waals surface area (Å²) in [5, 5.41) is 13.4. The van der Waals surface area contributed by atoms with Crippen LogP contribution in [0.4, 0.5) is 16.2 Å². The topological polar surface area (TPSA) is 93.9 Å². The molecule has 0 saturated heterocycles. The Kier molecular flexibility index (Phi) is 4.69. The third-order valence-electron chi connectivity index (χ3n) is 3.68. The van der Waals surface area contributed by atoms with Crippen LogP contribution in [0, 0.1) is 10.1 Å². The summed E-state index contributed by atoms with van der Waals surface area (Å²) in [6.07, 6.45) is 0. The predicted molar refractivity (Wildman–Crippen MR) is 91.0 cm³/mol. The van der Waals surface area contributed by atoms with E-state index in [0.29, 0.717) is 36.9 Å². The van der Waals surface area contributed by atoms with Crippen molar-refractivity contribution in [2.24, 2.45) is 0 Å². The van der Waals surface area contributed by atoms with Crippen molar-refractivity contribution < 1.29 is 19.2 Å². The molecule has 2 aromatic rings. The molecule has 0 saturated carbocycles. The van der Waals surface area contributed by atoms with Crippen molar-refractivity contribution in [1.29, 1.82) is 0 Å². The molecule has 0 spiro atoms. The van der Waals surface area contributed by atoms with Gasteiger partial charge >= 0.3 is 6.03 Å². The molecule has 0 atom stereocenters. The Labute approximate surface area is 144 Å². The molecule has 130 valence electrons. The van der Waals surface area contributed by atoms with Crippen LogP contribution in [-0.4, -0.2) is 36.1 Å². The Hall–Kier alpha value is -3.29. The molecule has 25 heavy (non-hydrogen) atoms. The molecule has 0 aliphatic carbocycles. The Bertz CT molecular complexity index is 809. The van der Waals surface area contributed by atoms with Crippen molar-refractivity contribution in [1.82, 2.24) is 4.90 Å². The van der Waals surface area contributed by atoms with E-state index in [1.807, 2.05) is 18.2 Å². The van der Waals surface area contributed by atoms with E-state index in [4.69, 9.17) is 9.47 Å². The van der Waals surface area contributed by atoms with Gasteiger partial charge in [0.05, 0.1) is 4.92 Å². The summed E-state index contributed by atoms with van der Waals surface area (Å²) in [6, 6.07) is 11.0. The number of benzene rings is 2. The van der Waals surface area contributed by atoms with Gasteiger partial charge in [0.15, 0.2) is 11.5 Å². The summed E-state index contributed by atoms with van der Waals surface area (Å²) in [5.41, 5.74) is 1.18. The van der Waals surface area contributed by atoms with E-state index in [2.05, 4.69) is 5.32 Å². The summed E-state index contributed by atoms with van der Waals surface area (Å²) < 4.78 is 11.0. The maximum atomic E-state index is 12.3. The molecule has 8 nitrogen and oxygen atoms in total. The molecule has 1 N–H and O–H groups in total. The van der Waals surface area contributed by atoms with Gasteiger partial charge in [-0.1, -0.05) is 12.1 Å². The van der Waals surface area contributed by atoms with Gasteiger partial charge in [0, 0.05) is 31.4 Å². The lowest BCUT2D eigenvalue weighted by Crippen LogP contribution is -2.30. The molecule has 1 aliphatic heterocycles. The zero-order chi connectivity index (χ0) is 17.8. The number of amides is 2. The Morgan fingerprint density at radius 3 is 2.72 bits per heavy atom. The van der Waals surface area contributed by atoms with E-state index < -0.39 is 4.92 Å². The number of fused-ring (bicyclic) bond motifs is 1. The van der Waals surface area contributed by atoms with Gasteiger partial charge in [0.1, 0.15) is 13.2 Å². The number of carbonyl (C=O) groups is 1. The summed E-state index contributed by atoms with van der Waals surface area (Å²) >= 11 is 0. The van der Waals surface area contributed by atoms with Crippen LogP contribution in [-0.2, 0) is 6.54 Å². The molecule has 8 heteroatoms. The maximum absolute atomic E-state index is 12.3. The number of urea groups is 1. The lowest BCUT2D eigenvalue weighted by atomic mass is 10.2. The van der Waals surface area contributed by atoms with Crippen LogP contribution in [0.1, 0.15) is 5.56 Å². The number of non-ortho nitro benzene ring substituents is 1. The van der Waals surface area contributed by atoms with Gasteiger partial charge in [-0.15, -0.1) is 0 Å². The largest absolute Gasteiger partial charge is 0.486 e. The number of ether oxygens (including phenoxy) is 2. The average molecular weight is 343 g/mol. The van der Waals surface area contributed by atoms with Crippen molar-refractivity contribution in [3.63, 3.8) is 0 Å². The first kappa shape index (κ1) is 16.6. The number of hydrogen-bond acceptors (Lipinski definition) is 5. The van der Waals surface area contributed by atoms with Crippen LogP contribution in [0.15, 0.2) is 42.5 Å². The van der Waals surface area contributed by atoms with Crippen LogP contribution in [0.25, 0.3) is 0 Å². The lowest BCUT2D eigenvalue weighted by Gasteiger charge is -2.21. The second-order valence-electron chi connectivity index (χ2n) is 5.57. The smallest absolute Gasteiger partial charge is 0.321 e. The van der Waals surface area contributed by atoms with Crippen molar-refractivity contribution in [3.05, 3.63) is 58.1 Å². The van der Waals surface area contributed by atoms with Crippen molar-refractivity contribution in [2.45, 2.75) is 6.54 Å². The van der Waals surface area contributed by atoms with E-state index in [9.17, 15) is 14.9 Å². The number of rotatable bonds is 4. The minimum Gasteiger partial charge on any atom is -0.486 e. The summed E-state index contributed by atoms with van der Waals surface area (Å²) in [5.74, 6) is 1.36. The van der Waals surface area contributed by atoms with Crippen LogP contribution in [0.3, 0.4) is 0 Å². The van der Waals surface area contributed by atoms with Gasteiger partial charge in [-0.3, -0.25) is 10.1 Å². The second kappa shape index (κ2) is 7.08. The van der Waals surface area contributed by atoms with Crippen LogP contribution < -0.4 is 14.8 Å². The normalized spacial score (nSPS) is 12.4. The molecule has 0 radical (unpaired) electrons. The molecule has 0 fully saturated rings. The Morgan fingerprint density at radius 2 is 1.96 bits per heavy atom. The number of nitro benzene ring substituents is 1. The van der Waals surface area contributed by atoms with Crippen LogP contribution in [0.2, 0.25) is 0 Å². The number of nitro groups is 1. The molecular formula is C17H17N3O5. The summed E-state index contributed by atoms with van der Waals surface area (Å²) in [6.45, 7) is 1.38. The Morgan fingerprint density at radius 1 is 1.20 bits per heavy atom. The fraction of sp³-hybridized carbons (Fsp3) is 0.235. The van der Waals surface area contributed by atoms with Gasteiger partial charge in [0.2, 0.25) is 0 Å². The SMILES string of the molecule is CN(Cc1ccc2c(c1)OCCO2)C(=O)Nc1cccc([N+](=O)[O-])c1. The summed E-state index contributed by atoms with van der Waals surface area (Å²) in [7, 11) is 1.64. The lowest BCUT2D eigenvalue weighted by molar-refractivity contribution is -0.384. The van der Waals surface area contributed by atoms with E-state index >= 15 is 0 Å². The highest BCUT2D eigenvalue weighted by atomic mass is 16.6. The highest BCUT2D eigenvalue weighted by Gasteiger charge is 2.15. The van der Waals surface area contributed by atoms with Gasteiger partial charge < -0.3 is 19.7 Å². The highest BCUT2D eigenvalue weighted by molar-refractivity contribution is 5.89. The van der Waals surface area contributed by atoms with Gasteiger partial charge in [-0.05, 0) is 23.8 Å². The number of carbonyl (C=O) groups excluding carboxylic acids is 1. The van der Waals surface area contributed by atoms with E-state index in [-0.39, 0.29) is 11.7 Å². The molecule has 0 bridgehead atoms. The number of anilines is 1. The molecule has 2 amide bonds. The molecule has 2 aromatic carbocycles. The molecule has 0 unspecified atom stereocenters. The second-order valence-corrected chi connectivity index (χ2v) is 5.57. The predicted octanol–water partition coefficient (Wildman–Crippen LogP) is 3.03. The standard InChI is InChI=1S/C17H17N3O5/c1-19(11-12-5-6-15-16(9-12)25-8-7-24-15)17(21)18-13-3-2-4-14(10-13)20(22)23/h2-6,9-10H,7-8,11H2,1H3,(H,18,21). The fourth-order valence-electron chi connectivity index (χ4n) is 2.45. The van der Waals surface area contributed by atoms with Crippen molar-refractivity contribution in [2.75, 3.05) is 25.6 Å². The van der Waals surface area contributed by atoms with Crippen LogP contribution >= 0.6 is 0 Å². The summed E-state index contributed by atoms with van der Waals surface area (Å²) in [4.78, 5) is 24.0. The minimum absolute atomic E-state index is 0.0766. The van der Waals surface area contributed by atoms with Gasteiger partial charge in [0.25, 0.3) is 5.69 Å². The molecule has 1 aliphatic rings. The quantitative estimate of drug-likeness (QED) is 0.680. The van der Waals surface area contributed by atoms with Crippen molar-refractivity contribution >= 4 is 17.4 Å². The van der Waals surface area contributed by atoms with E-state index in [0.717, 1.165) is 5.56 Å². The van der Waals surface area contributed by atoms with E-state index in [1.165, 1.54) is 23.1 Å². The van der Waals surface area contributed by atoms with Crippen LogP contribution in [0.5, 0.6) is 11.5 Å². The number of nitrogens with one attached hydrogen (secondary N) is 1. The third-order valence-corrected chi connectivity index (χ3v) is 3.68. The minimum atomic E-state index is -0.505. The third kappa shape index (κ3) is 3.97. The van der Waals surface area contributed by atoms with Gasteiger partial charge in [-0.2, -0.15) is 0 Å². The zero-order valence-corrected chi connectivity index (χ0v) is 13.6. The molecule has 0 aromatic heterocycles. The van der Waals surface area contributed by atoms with E-state index in [1.54, 1.807) is 13.1 Å².